The van der Waals surface area contributed by atoms with Crippen LogP contribution < -0.4 is 5.32 Å². The lowest BCUT2D eigenvalue weighted by molar-refractivity contribution is -0.132. The van der Waals surface area contributed by atoms with E-state index < -0.39 is 0 Å². The second-order valence-electron chi connectivity index (χ2n) is 3.68. The Morgan fingerprint density at radius 1 is 1.31 bits per heavy atom. The number of imide groups is 1. The minimum Gasteiger partial charge on any atom is -0.296 e. The van der Waals surface area contributed by atoms with Crippen LogP contribution in [0.3, 0.4) is 0 Å². The van der Waals surface area contributed by atoms with Crippen LogP contribution in [0.1, 0.15) is 40.5 Å². The molecule has 1 N–H and O–H groups in total. The summed E-state index contributed by atoms with van der Waals surface area (Å²) in [7, 11) is 0. The number of rotatable bonds is 4. The van der Waals surface area contributed by atoms with Gasteiger partial charge in [0.15, 0.2) is 0 Å². The number of hydrogen-bond donors (Lipinski definition) is 1. The van der Waals surface area contributed by atoms with E-state index in [1.807, 2.05) is 20.8 Å². The van der Waals surface area contributed by atoms with Gasteiger partial charge in [0, 0.05) is 12.8 Å². The van der Waals surface area contributed by atoms with E-state index in [4.69, 9.17) is 0 Å². The smallest absolute Gasteiger partial charge is 0.229 e. The molecule has 2 amide bonds. The summed E-state index contributed by atoms with van der Waals surface area (Å²) in [6.45, 7) is 7.40. The Bertz CT molecular complexity index is 187. The van der Waals surface area contributed by atoms with Gasteiger partial charge in [0.1, 0.15) is 0 Å². The largest absolute Gasteiger partial charge is 0.296 e. The predicted molar refractivity (Wildman–Crippen MR) is 52.1 cm³/mol. The highest BCUT2D eigenvalue weighted by Gasteiger charge is 2.21. The zero-order valence-corrected chi connectivity index (χ0v) is 8.89. The Balaban J connectivity index is 4.19. The number of nitrogens with one attached hydrogen (secondary N) is 1. The second-order valence-corrected chi connectivity index (χ2v) is 3.68. The number of amides is 2. The predicted octanol–water partition coefficient (Wildman–Crippen LogP) is 1.72. The molecule has 13 heavy (non-hydrogen) atoms. The van der Waals surface area contributed by atoms with Gasteiger partial charge in [0.25, 0.3) is 0 Å². The fraction of sp³-hybridized carbons (Fsp3) is 0.800. The van der Waals surface area contributed by atoms with E-state index in [0.29, 0.717) is 5.92 Å². The Kier molecular flexibility index (Phi) is 5.35. The van der Waals surface area contributed by atoms with Crippen LogP contribution in [0.4, 0.5) is 0 Å². The van der Waals surface area contributed by atoms with Crippen LogP contribution in [0.25, 0.3) is 0 Å². The van der Waals surface area contributed by atoms with Crippen molar-refractivity contribution in [3.05, 3.63) is 0 Å². The lowest BCUT2D eigenvalue weighted by Gasteiger charge is -2.18. The van der Waals surface area contributed by atoms with E-state index in [-0.39, 0.29) is 17.7 Å². The molecule has 0 saturated carbocycles. The molecule has 3 heteroatoms. The van der Waals surface area contributed by atoms with Crippen molar-refractivity contribution in [3.63, 3.8) is 0 Å². The van der Waals surface area contributed by atoms with Gasteiger partial charge in [-0.05, 0) is 12.3 Å². The van der Waals surface area contributed by atoms with Crippen molar-refractivity contribution < 1.29 is 9.59 Å². The van der Waals surface area contributed by atoms with Crippen LogP contribution in [0, 0.1) is 11.8 Å². The third kappa shape index (κ3) is 4.65. The van der Waals surface area contributed by atoms with Gasteiger partial charge in [-0.3, -0.25) is 14.9 Å². The summed E-state index contributed by atoms with van der Waals surface area (Å²) in [5.41, 5.74) is 0. The molecule has 0 aliphatic rings. The average molecular weight is 185 g/mol. The molecule has 0 spiro atoms. The Labute approximate surface area is 79.9 Å². The maximum absolute atomic E-state index is 11.5. The maximum atomic E-state index is 11.5. The number of carbonyl (C=O) groups is 2. The molecule has 1 unspecified atom stereocenters. The van der Waals surface area contributed by atoms with Crippen molar-refractivity contribution in [1.82, 2.24) is 5.32 Å². The van der Waals surface area contributed by atoms with Crippen LogP contribution in [-0.4, -0.2) is 11.8 Å². The summed E-state index contributed by atoms with van der Waals surface area (Å²) < 4.78 is 0. The molecule has 0 radical (unpaired) electrons. The molecule has 0 fully saturated rings. The van der Waals surface area contributed by atoms with Crippen LogP contribution >= 0.6 is 0 Å². The summed E-state index contributed by atoms with van der Waals surface area (Å²) in [5, 5.41) is 2.33. The van der Waals surface area contributed by atoms with Gasteiger partial charge in [-0.15, -0.1) is 0 Å². The topological polar surface area (TPSA) is 46.2 Å². The molecule has 0 aromatic rings. The summed E-state index contributed by atoms with van der Waals surface area (Å²) in [6, 6.07) is 0. The van der Waals surface area contributed by atoms with Gasteiger partial charge in [-0.2, -0.15) is 0 Å². The first-order chi connectivity index (χ1) is 5.99. The molecule has 0 aromatic heterocycles. The van der Waals surface area contributed by atoms with E-state index >= 15 is 0 Å². The highest BCUT2D eigenvalue weighted by molar-refractivity contribution is 5.95. The van der Waals surface area contributed by atoms with E-state index in [2.05, 4.69) is 5.32 Å². The first-order valence-corrected chi connectivity index (χ1v) is 4.80. The van der Waals surface area contributed by atoms with Gasteiger partial charge in [-0.1, -0.05) is 27.2 Å². The Hall–Kier alpha value is -0.860. The SMILES string of the molecule is CCCC(C(=O)NC(C)=O)C(C)C. The van der Waals surface area contributed by atoms with Gasteiger partial charge in [0.05, 0.1) is 0 Å². The fourth-order valence-corrected chi connectivity index (χ4v) is 1.34. The number of hydrogen-bond acceptors (Lipinski definition) is 2. The van der Waals surface area contributed by atoms with Crippen molar-refractivity contribution in [2.75, 3.05) is 0 Å². The first kappa shape index (κ1) is 12.1. The fourth-order valence-electron chi connectivity index (χ4n) is 1.34. The highest BCUT2D eigenvalue weighted by atomic mass is 16.2. The van der Waals surface area contributed by atoms with E-state index in [1.165, 1.54) is 6.92 Å². The van der Waals surface area contributed by atoms with E-state index in [0.717, 1.165) is 12.8 Å². The molecule has 0 aromatic carbocycles. The minimum absolute atomic E-state index is 0.0334. The molecular formula is C10H19NO2. The van der Waals surface area contributed by atoms with Crippen LogP contribution in [0.5, 0.6) is 0 Å². The van der Waals surface area contributed by atoms with E-state index in [9.17, 15) is 9.59 Å². The molecule has 0 rings (SSSR count). The third-order valence-electron chi connectivity index (χ3n) is 2.04. The molecular weight excluding hydrogens is 166 g/mol. The molecule has 3 nitrogen and oxygen atoms in total. The molecule has 1 atom stereocenters. The monoisotopic (exact) mass is 185 g/mol. The lowest BCUT2D eigenvalue weighted by Crippen LogP contribution is -2.36. The minimum atomic E-state index is -0.272. The zero-order valence-electron chi connectivity index (χ0n) is 8.89. The normalized spacial score (nSPS) is 12.7. The lowest BCUT2D eigenvalue weighted by atomic mass is 9.90. The Morgan fingerprint density at radius 2 is 1.85 bits per heavy atom. The van der Waals surface area contributed by atoms with Gasteiger partial charge < -0.3 is 0 Å². The van der Waals surface area contributed by atoms with Crippen molar-refractivity contribution in [1.29, 1.82) is 0 Å². The van der Waals surface area contributed by atoms with Gasteiger partial charge in [-0.25, -0.2) is 0 Å². The van der Waals surface area contributed by atoms with Crippen LogP contribution in [0.15, 0.2) is 0 Å². The molecule has 0 aliphatic heterocycles. The van der Waals surface area contributed by atoms with Crippen molar-refractivity contribution in [3.8, 4) is 0 Å². The first-order valence-electron chi connectivity index (χ1n) is 4.80. The maximum Gasteiger partial charge on any atom is 0.229 e. The summed E-state index contributed by atoms with van der Waals surface area (Å²) in [4.78, 5) is 22.1. The third-order valence-corrected chi connectivity index (χ3v) is 2.04. The summed E-state index contributed by atoms with van der Waals surface area (Å²) in [6.07, 6.45) is 1.81. The van der Waals surface area contributed by atoms with Gasteiger partial charge >= 0.3 is 0 Å². The zero-order chi connectivity index (χ0) is 10.4. The van der Waals surface area contributed by atoms with Crippen molar-refractivity contribution >= 4 is 11.8 Å². The van der Waals surface area contributed by atoms with E-state index in [1.54, 1.807) is 0 Å². The summed E-state index contributed by atoms with van der Waals surface area (Å²) >= 11 is 0. The van der Waals surface area contributed by atoms with Crippen LogP contribution in [-0.2, 0) is 9.59 Å². The quantitative estimate of drug-likeness (QED) is 0.725. The number of carbonyl (C=O) groups excluding carboxylic acids is 2. The average Bonchev–Trinajstić information content (AvgIpc) is 1.97. The molecule has 0 saturated heterocycles. The second kappa shape index (κ2) is 5.73. The molecule has 0 heterocycles. The molecule has 0 aliphatic carbocycles. The van der Waals surface area contributed by atoms with Crippen LogP contribution in [0.2, 0.25) is 0 Å². The molecule has 76 valence electrons. The van der Waals surface area contributed by atoms with Crippen molar-refractivity contribution in [2.24, 2.45) is 11.8 Å². The highest BCUT2D eigenvalue weighted by Crippen LogP contribution is 2.16. The summed E-state index contributed by atoms with van der Waals surface area (Å²) in [5.74, 6) is -0.149. The standard InChI is InChI=1S/C10H19NO2/c1-5-6-9(7(2)3)10(13)11-8(4)12/h7,9H,5-6H2,1-4H3,(H,11,12,13). The molecule has 0 bridgehead atoms. The van der Waals surface area contributed by atoms with Gasteiger partial charge in [0.2, 0.25) is 11.8 Å². The van der Waals surface area contributed by atoms with Crippen molar-refractivity contribution in [2.45, 2.75) is 40.5 Å². The Morgan fingerprint density at radius 3 is 2.15 bits per heavy atom.